The van der Waals surface area contributed by atoms with Crippen LogP contribution in [0, 0.1) is 5.82 Å². The molecule has 0 aliphatic carbocycles. The molecule has 2 amide bonds. The van der Waals surface area contributed by atoms with E-state index in [2.05, 4.69) is 21.6 Å². The molecule has 2 N–H and O–H groups in total. The highest BCUT2D eigenvalue weighted by molar-refractivity contribution is 5.97. The lowest BCUT2D eigenvalue weighted by Gasteiger charge is -2.25. The van der Waals surface area contributed by atoms with E-state index in [1.165, 1.54) is 29.8 Å². The van der Waals surface area contributed by atoms with Crippen LogP contribution >= 0.6 is 0 Å². The minimum Gasteiger partial charge on any atom is -0.362 e. The van der Waals surface area contributed by atoms with Crippen LogP contribution in [0.5, 0.6) is 0 Å². The molecule has 0 saturated carbocycles. The zero-order chi connectivity index (χ0) is 19.9. The lowest BCUT2D eigenvalue weighted by molar-refractivity contribution is -0.125. The largest absolute Gasteiger partial charge is 0.362 e. The normalized spacial score (nSPS) is 14.6. The average Bonchev–Trinajstić information content (AvgIpc) is 2.90. The van der Waals surface area contributed by atoms with Gasteiger partial charge in [-0.15, -0.1) is 0 Å². The average molecular weight is 383 g/mol. The molecule has 1 heterocycles. The number of amides is 2. The van der Waals surface area contributed by atoms with Crippen molar-refractivity contribution in [3.8, 4) is 0 Å². The highest BCUT2D eigenvalue weighted by Crippen LogP contribution is 2.25. The number of carbonyl (C=O) groups excluding carboxylic acids is 2. The van der Waals surface area contributed by atoms with E-state index in [1.807, 2.05) is 25.1 Å². The van der Waals surface area contributed by atoms with Crippen LogP contribution in [0.25, 0.3) is 0 Å². The second-order valence-electron chi connectivity index (χ2n) is 7.03. The monoisotopic (exact) mass is 383 g/mol. The molecule has 0 spiro atoms. The molecule has 5 nitrogen and oxygen atoms in total. The predicted molar refractivity (Wildman–Crippen MR) is 109 cm³/mol. The number of nitrogens with zero attached hydrogens (tertiary/aromatic N) is 1. The van der Waals surface area contributed by atoms with Gasteiger partial charge in [-0.05, 0) is 61.6 Å². The van der Waals surface area contributed by atoms with Crippen molar-refractivity contribution in [2.24, 2.45) is 0 Å². The second-order valence-corrected chi connectivity index (χ2v) is 7.03. The lowest BCUT2D eigenvalue weighted by atomic mass is 10.1. The highest BCUT2D eigenvalue weighted by Gasteiger charge is 2.22. The smallest absolute Gasteiger partial charge is 0.246 e. The molecule has 148 valence electrons. The van der Waals surface area contributed by atoms with Gasteiger partial charge in [-0.3, -0.25) is 9.59 Å². The maximum absolute atomic E-state index is 13.0. The molecule has 28 heavy (non-hydrogen) atoms. The summed E-state index contributed by atoms with van der Waals surface area (Å²) in [5.41, 5.74) is 2.86. The van der Waals surface area contributed by atoms with E-state index >= 15 is 0 Å². The molecule has 1 aliphatic rings. The van der Waals surface area contributed by atoms with Crippen molar-refractivity contribution >= 4 is 23.2 Å². The minimum atomic E-state index is -0.639. The summed E-state index contributed by atoms with van der Waals surface area (Å²) < 4.78 is 13.0. The summed E-state index contributed by atoms with van der Waals surface area (Å²) in [5, 5.41) is 5.55. The van der Waals surface area contributed by atoms with Crippen molar-refractivity contribution in [2.45, 2.75) is 38.6 Å². The third-order valence-electron chi connectivity index (χ3n) is 4.96. The van der Waals surface area contributed by atoms with Crippen molar-refractivity contribution in [3.05, 3.63) is 59.9 Å². The minimum absolute atomic E-state index is 0.183. The summed E-state index contributed by atoms with van der Waals surface area (Å²) in [6.45, 7) is 2.89. The Balaban J connectivity index is 1.61. The number of aryl methyl sites for hydroxylation is 1. The molecule has 2 aromatic carbocycles. The van der Waals surface area contributed by atoms with Crippen molar-refractivity contribution in [3.63, 3.8) is 0 Å². The molecule has 0 bridgehead atoms. The van der Waals surface area contributed by atoms with Gasteiger partial charge in [0.05, 0.1) is 6.54 Å². The van der Waals surface area contributed by atoms with E-state index in [-0.39, 0.29) is 24.2 Å². The van der Waals surface area contributed by atoms with E-state index in [0.717, 1.165) is 31.5 Å². The molecule has 0 aromatic heterocycles. The van der Waals surface area contributed by atoms with E-state index in [4.69, 9.17) is 0 Å². The fourth-order valence-corrected chi connectivity index (χ4v) is 3.46. The van der Waals surface area contributed by atoms with E-state index in [9.17, 15) is 14.0 Å². The quantitative estimate of drug-likeness (QED) is 0.803. The van der Waals surface area contributed by atoms with Crippen molar-refractivity contribution < 1.29 is 14.0 Å². The molecular weight excluding hydrogens is 357 g/mol. The molecule has 0 fully saturated rings. The summed E-state index contributed by atoms with van der Waals surface area (Å²) in [6.07, 6.45) is 3.62. The Hall–Kier alpha value is -2.89. The van der Waals surface area contributed by atoms with Gasteiger partial charge < -0.3 is 15.5 Å². The van der Waals surface area contributed by atoms with Gasteiger partial charge in [0.1, 0.15) is 11.9 Å². The first kappa shape index (κ1) is 19.9. The number of halogens is 1. The summed E-state index contributed by atoms with van der Waals surface area (Å²) in [5.74, 6) is -0.854. The standard InChI is InChI=1S/C22H26FN3O2/c1-2-19(22(28)24-18-12-10-17(23)11-13-18)25-21(27)15-26-14-6-5-8-16-7-3-4-9-20(16)26/h3-4,7,9-13,19H,2,5-6,8,14-15H2,1H3,(H,24,28)(H,25,27). The van der Waals surface area contributed by atoms with E-state index in [1.54, 1.807) is 0 Å². The lowest BCUT2D eigenvalue weighted by Crippen LogP contribution is -2.47. The summed E-state index contributed by atoms with van der Waals surface area (Å²) in [4.78, 5) is 27.2. The number of anilines is 2. The molecular formula is C22H26FN3O2. The van der Waals surface area contributed by atoms with Crippen LogP contribution in [-0.2, 0) is 16.0 Å². The van der Waals surface area contributed by atoms with Crippen LogP contribution in [-0.4, -0.2) is 30.9 Å². The summed E-state index contributed by atoms with van der Waals surface area (Å²) >= 11 is 0. The molecule has 0 radical (unpaired) electrons. The number of carbonyl (C=O) groups is 2. The fraction of sp³-hybridized carbons (Fsp3) is 0.364. The topological polar surface area (TPSA) is 61.4 Å². The van der Waals surface area contributed by atoms with Crippen molar-refractivity contribution in [1.29, 1.82) is 0 Å². The number of hydrogen-bond acceptors (Lipinski definition) is 3. The van der Waals surface area contributed by atoms with Crippen molar-refractivity contribution in [2.75, 3.05) is 23.3 Å². The number of hydrogen-bond donors (Lipinski definition) is 2. The van der Waals surface area contributed by atoms with Crippen LogP contribution in [0.2, 0.25) is 0 Å². The Morgan fingerprint density at radius 2 is 1.86 bits per heavy atom. The third kappa shape index (κ3) is 5.09. The maximum atomic E-state index is 13.0. The van der Waals surface area contributed by atoms with Gasteiger partial charge in [0.25, 0.3) is 0 Å². The SMILES string of the molecule is CCC(NC(=O)CN1CCCCc2ccccc21)C(=O)Nc1ccc(F)cc1. The predicted octanol–water partition coefficient (Wildman–Crippen LogP) is 3.50. The van der Waals surface area contributed by atoms with Gasteiger partial charge in [-0.2, -0.15) is 0 Å². The molecule has 1 atom stereocenters. The Kier molecular flexibility index (Phi) is 6.63. The zero-order valence-corrected chi connectivity index (χ0v) is 16.1. The molecule has 3 rings (SSSR count). The van der Waals surface area contributed by atoms with Crippen molar-refractivity contribution in [1.82, 2.24) is 5.32 Å². The van der Waals surface area contributed by atoms with E-state index in [0.29, 0.717) is 12.1 Å². The number of nitrogens with one attached hydrogen (secondary N) is 2. The number of para-hydroxylation sites is 1. The Bertz CT molecular complexity index is 823. The van der Waals surface area contributed by atoms with Crippen LogP contribution in [0.15, 0.2) is 48.5 Å². The van der Waals surface area contributed by atoms with Crippen LogP contribution < -0.4 is 15.5 Å². The van der Waals surface area contributed by atoms with Gasteiger partial charge in [-0.25, -0.2) is 4.39 Å². The summed E-state index contributed by atoms with van der Waals surface area (Å²) in [6, 6.07) is 13.1. The van der Waals surface area contributed by atoms with Gasteiger partial charge >= 0.3 is 0 Å². The highest BCUT2D eigenvalue weighted by atomic mass is 19.1. The second kappa shape index (κ2) is 9.35. The molecule has 1 aliphatic heterocycles. The van der Waals surface area contributed by atoms with Crippen LogP contribution in [0.3, 0.4) is 0 Å². The summed E-state index contributed by atoms with van der Waals surface area (Å²) in [7, 11) is 0. The molecule has 6 heteroatoms. The van der Waals surface area contributed by atoms with Gasteiger partial charge in [0, 0.05) is 17.9 Å². The molecule has 0 saturated heterocycles. The fourth-order valence-electron chi connectivity index (χ4n) is 3.46. The first-order valence-electron chi connectivity index (χ1n) is 9.75. The number of rotatable bonds is 6. The molecule has 2 aromatic rings. The Labute approximate surface area is 164 Å². The number of fused-ring (bicyclic) bond motifs is 1. The van der Waals surface area contributed by atoms with Crippen LogP contribution in [0.1, 0.15) is 31.7 Å². The first-order valence-corrected chi connectivity index (χ1v) is 9.75. The van der Waals surface area contributed by atoms with E-state index < -0.39 is 6.04 Å². The Morgan fingerprint density at radius 1 is 1.11 bits per heavy atom. The number of benzene rings is 2. The molecule has 1 unspecified atom stereocenters. The van der Waals surface area contributed by atoms with Gasteiger partial charge in [0.2, 0.25) is 11.8 Å². The van der Waals surface area contributed by atoms with Gasteiger partial charge in [-0.1, -0.05) is 25.1 Å². The third-order valence-corrected chi connectivity index (χ3v) is 4.96. The first-order chi connectivity index (χ1) is 13.6. The maximum Gasteiger partial charge on any atom is 0.246 e. The Morgan fingerprint density at radius 3 is 2.61 bits per heavy atom. The zero-order valence-electron chi connectivity index (χ0n) is 16.1. The van der Waals surface area contributed by atoms with Gasteiger partial charge in [0.15, 0.2) is 0 Å². The van der Waals surface area contributed by atoms with Crippen LogP contribution in [0.4, 0.5) is 15.8 Å².